The van der Waals surface area contributed by atoms with Crippen molar-refractivity contribution in [1.82, 2.24) is 0 Å². The van der Waals surface area contributed by atoms with Gasteiger partial charge in [-0.05, 0) is 28.0 Å². The molecule has 1 heterocycles. The number of unbranched alkanes of at least 4 members (excludes halogenated alkanes) is 1. The highest BCUT2D eigenvalue weighted by Gasteiger charge is 1.87. The summed E-state index contributed by atoms with van der Waals surface area (Å²) >= 11 is 1.75. The van der Waals surface area contributed by atoms with Crippen molar-refractivity contribution in [2.75, 3.05) is 6.61 Å². The van der Waals surface area contributed by atoms with Gasteiger partial charge in [-0.3, -0.25) is 0 Å². The normalized spacial score (nSPS) is 9.57. The van der Waals surface area contributed by atoms with E-state index in [1.807, 2.05) is 0 Å². The average molecular weight is 208 g/mol. The zero-order valence-electron chi connectivity index (χ0n) is 8.44. The van der Waals surface area contributed by atoms with Crippen LogP contribution >= 0.6 is 11.3 Å². The zero-order valence-corrected chi connectivity index (χ0v) is 9.26. The summed E-state index contributed by atoms with van der Waals surface area (Å²) in [6, 6.07) is 8.39. The van der Waals surface area contributed by atoms with Gasteiger partial charge in [0.05, 0.1) is 0 Å². The monoisotopic (exact) mass is 208 g/mol. The first-order chi connectivity index (χ1) is 6.88. The largest absolute Gasteiger partial charge is 0.396 e. The molecule has 0 fully saturated rings. The van der Waals surface area contributed by atoms with Crippen molar-refractivity contribution in [3.05, 3.63) is 35.0 Å². The molecule has 76 valence electrons. The van der Waals surface area contributed by atoms with Gasteiger partial charge in [-0.25, -0.2) is 0 Å². The molecule has 14 heavy (non-hydrogen) atoms. The lowest BCUT2D eigenvalue weighted by atomic mass is 10.2. The molecule has 1 N–H and O–H groups in total. The van der Waals surface area contributed by atoms with Crippen LogP contribution in [0.5, 0.6) is 0 Å². The molecule has 0 bridgehead atoms. The van der Waals surface area contributed by atoms with Crippen molar-refractivity contribution < 1.29 is 5.11 Å². The molecule has 2 rings (SSSR count). The van der Waals surface area contributed by atoms with Crippen molar-refractivity contribution in [3.8, 4) is 0 Å². The second kappa shape index (κ2) is 6.57. The van der Waals surface area contributed by atoms with Crippen LogP contribution in [0.4, 0.5) is 0 Å². The van der Waals surface area contributed by atoms with Crippen LogP contribution in [-0.4, -0.2) is 11.7 Å². The van der Waals surface area contributed by atoms with Gasteiger partial charge in [-0.15, -0.1) is 0 Å². The Morgan fingerprint density at radius 2 is 1.71 bits per heavy atom. The first-order valence-corrected chi connectivity index (χ1v) is 5.84. The predicted octanol–water partition coefficient (Wildman–Crippen LogP) is 3.68. The Bertz CT molecular complexity index is 322. The van der Waals surface area contributed by atoms with Crippen LogP contribution < -0.4 is 0 Å². The van der Waals surface area contributed by atoms with E-state index in [9.17, 15) is 0 Å². The summed E-state index contributed by atoms with van der Waals surface area (Å²) in [6.07, 6.45) is 2.04. The smallest absolute Gasteiger partial charge is 0.0430 e. The zero-order chi connectivity index (χ0) is 10.2. The van der Waals surface area contributed by atoms with E-state index in [2.05, 4.69) is 41.9 Å². The number of hydrogen-bond donors (Lipinski definition) is 1. The molecule has 1 nitrogen and oxygen atoms in total. The van der Waals surface area contributed by atoms with E-state index in [1.165, 1.54) is 10.8 Å². The molecule has 0 saturated carbocycles. The number of hydrogen-bond acceptors (Lipinski definition) is 2. The summed E-state index contributed by atoms with van der Waals surface area (Å²) in [5.41, 5.74) is 0. The van der Waals surface area contributed by atoms with Gasteiger partial charge < -0.3 is 5.11 Å². The van der Waals surface area contributed by atoms with Gasteiger partial charge in [0.25, 0.3) is 0 Å². The van der Waals surface area contributed by atoms with Crippen molar-refractivity contribution in [1.29, 1.82) is 0 Å². The highest BCUT2D eigenvalue weighted by Crippen LogP contribution is 2.17. The number of aliphatic hydroxyl groups is 1. The summed E-state index contributed by atoms with van der Waals surface area (Å²) in [7, 11) is 0. The highest BCUT2D eigenvalue weighted by atomic mass is 32.1. The Morgan fingerprint density at radius 1 is 1.14 bits per heavy atom. The summed E-state index contributed by atoms with van der Waals surface area (Å²) in [6.45, 7) is 2.40. The minimum absolute atomic E-state index is 0.344. The van der Waals surface area contributed by atoms with Gasteiger partial charge in [-0.2, -0.15) is 11.3 Å². The van der Waals surface area contributed by atoms with Crippen molar-refractivity contribution in [2.24, 2.45) is 0 Å². The van der Waals surface area contributed by atoms with Crippen LogP contribution in [0.15, 0.2) is 35.0 Å². The van der Waals surface area contributed by atoms with Gasteiger partial charge in [-0.1, -0.05) is 37.6 Å². The second-order valence-electron chi connectivity index (χ2n) is 3.08. The Labute approximate surface area is 89.0 Å². The van der Waals surface area contributed by atoms with Crippen LogP contribution in [0.1, 0.15) is 19.8 Å². The third-order valence-corrected chi connectivity index (χ3v) is 2.68. The second-order valence-corrected chi connectivity index (χ2v) is 3.82. The van der Waals surface area contributed by atoms with E-state index in [0.29, 0.717) is 6.61 Å². The Balaban J connectivity index is 0.000000171. The number of aliphatic hydroxyl groups excluding tert-OH is 1. The lowest BCUT2D eigenvalue weighted by Crippen LogP contribution is -1.75. The molecule has 0 atom stereocenters. The fourth-order valence-corrected chi connectivity index (χ4v) is 1.85. The van der Waals surface area contributed by atoms with Crippen LogP contribution in [0.3, 0.4) is 0 Å². The maximum Gasteiger partial charge on any atom is 0.0430 e. The van der Waals surface area contributed by atoms with Gasteiger partial charge in [0.2, 0.25) is 0 Å². The van der Waals surface area contributed by atoms with Crippen LogP contribution in [0.25, 0.3) is 10.8 Å². The molecule has 0 amide bonds. The topological polar surface area (TPSA) is 20.2 Å². The third-order valence-electron chi connectivity index (χ3n) is 1.90. The van der Waals surface area contributed by atoms with Crippen molar-refractivity contribution in [3.63, 3.8) is 0 Å². The SMILES string of the molecule is CCCCO.c1ccc2cscc2c1. The van der Waals surface area contributed by atoms with Gasteiger partial charge in [0.1, 0.15) is 0 Å². The quantitative estimate of drug-likeness (QED) is 0.798. The summed E-state index contributed by atoms with van der Waals surface area (Å²) < 4.78 is 0. The van der Waals surface area contributed by atoms with Gasteiger partial charge in [0.15, 0.2) is 0 Å². The van der Waals surface area contributed by atoms with E-state index in [1.54, 1.807) is 11.3 Å². The number of thiophene rings is 1. The molecular weight excluding hydrogens is 192 g/mol. The Hall–Kier alpha value is -0.860. The number of rotatable bonds is 2. The average Bonchev–Trinajstić information content (AvgIpc) is 2.67. The molecule has 0 unspecified atom stereocenters. The lowest BCUT2D eigenvalue weighted by Gasteiger charge is -1.82. The maximum atomic E-state index is 8.07. The highest BCUT2D eigenvalue weighted by molar-refractivity contribution is 7.09. The fraction of sp³-hybridized carbons (Fsp3) is 0.333. The molecule has 2 heteroatoms. The van der Waals surface area contributed by atoms with E-state index in [0.717, 1.165) is 12.8 Å². The summed E-state index contributed by atoms with van der Waals surface area (Å²) in [5, 5.41) is 15.1. The maximum absolute atomic E-state index is 8.07. The molecule has 0 aliphatic heterocycles. The van der Waals surface area contributed by atoms with Gasteiger partial charge >= 0.3 is 0 Å². The summed E-state index contributed by atoms with van der Waals surface area (Å²) in [4.78, 5) is 0. The molecule has 0 spiro atoms. The predicted molar refractivity (Wildman–Crippen MR) is 63.8 cm³/mol. The molecule has 2 aromatic rings. The molecule has 1 aromatic heterocycles. The Morgan fingerprint density at radius 3 is 2.07 bits per heavy atom. The van der Waals surface area contributed by atoms with Crippen molar-refractivity contribution in [2.45, 2.75) is 19.8 Å². The van der Waals surface area contributed by atoms with Crippen molar-refractivity contribution >= 4 is 22.1 Å². The van der Waals surface area contributed by atoms with E-state index < -0.39 is 0 Å². The van der Waals surface area contributed by atoms with Gasteiger partial charge in [0, 0.05) is 6.61 Å². The number of fused-ring (bicyclic) bond motifs is 1. The lowest BCUT2D eigenvalue weighted by molar-refractivity contribution is 0.287. The number of benzene rings is 1. The third kappa shape index (κ3) is 3.48. The van der Waals surface area contributed by atoms with E-state index >= 15 is 0 Å². The van der Waals surface area contributed by atoms with E-state index in [-0.39, 0.29) is 0 Å². The Kier molecular flexibility index (Phi) is 5.27. The molecule has 0 saturated heterocycles. The minimum atomic E-state index is 0.344. The molecule has 0 aliphatic rings. The molecule has 1 aromatic carbocycles. The standard InChI is InChI=1S/C8H6S.C4H10O/c1-2-4-8-6-9-5-7(8)3-1;1-2-3-4-5/h1-6H;5H,2-4H2,1H3. The van der Waals surface area contributed by atoms with Crippen LogP contribution in [0.2, 0.25) is 0 Å². The molecule has 0 radical (unpaired) electrons. The minimum Gasteiger partial charge on any atom is -0.396 e. The molecule has 0 aliphatic carbocycles. The molecular formula is C12H16OS. The fourth-order valence-electron chi connectivity index (χ4n) is 1.06. The van der Waals surface area contributed by atoms with Crippen LogP contribution in [0, 0.1) is 0 Å². The summed E-state index contributed by atoms with van der Waals surface area (Å²) in [5.74, 6) is 0. The van der Waals surface area contributed by atoms with Crippen LogP contribution in [-0.2, 0) is 0 Å². The van der Waals surface area contributed by atoms with E-state index in [4.69, 9.17) is 5.11 Å². The first-order valence-electron chi connectivity index (χ1n) is 4.90. The first kappa shape index (κ1) is 11.2.